The lowest BCUT2D eigenvalue weighted by Gasteiger charge is -2.08. The van der Waals surface area contributed by atoms with Gasteiger partial charge in [-0.3, -0.25) is 0 Å². The van der Waals surface area contributed by atoms with E-state index >= 15 is 0 Å². The van der Waals surface area contributed by atoms with Gasteiger partial charge in [-0.05, 0) is 36.8 Å². The van der Waals surface area contributed by atoms with Gasteiger partial charge in [0.05, 0.1) is 11.6 Å². The van der Waals surface area contributed by atoms with E-state index in [1.54, 1.807) is 19.1 Å². The smallest absolute Gasteiger partial charge is 0.140 e. The lowest BCUT2D eigenvalue weighted by atomic mass is 10.1. The minimum atomic E-state index is -0.650. The Labute approximate surface area is 113 Å². The number of hydrogen-bond acceptors (Lipinski definition) is 3. The highest BCUT2D eigenvalue weighted by Gasteiger charge is 2.10. The molecule has 0 radical (unpaired) electrons. The third-order valence-corrected chi connectivity index (χ3v) is 3.72. The van der Waals surface area contributed by atoms with Crippen LogP contribution in [0.15, 0.2) is 40.1 Å². The molecule has 19 heavy (non-hydrogen) atoms. The van der Waals surface area contributed by atoms with Crippen LogP contribution in [-0.2, 0) is 0 Å². The molecule has 96 valence electrons. The Kier molecular flexibility index (Phi) is 3.72. The second kappa shape index (κ2) is 5.29. The monoisotopic (exact) mass is 276 g/mol. The van der Waals surface area contributed by atoms with Crippen LogP contribution in [0.4, 0.5) is 14.5 Å². The van der Waals surface area contributed by atoms with E-state index in [1.807, 2.05) is 6.07 Å². The first-order valence-corrected chi connectivity index (χ1v) is 6.26. The maximum absolute atomic E-state index is 13.6. The molecule has 0 aliphatic rings. The van der Waals surface area contributed by atoms with Crippen LogP contribution in [0.25, 0.3) is 0 Å². The van der Waals surface area contributed by atoms with Crippen molar-refractivity contribution in [2.24, 2.45) is 0 Å². The number of aryl methyl sites for hydroxylation is 1. The third-order valence-electron chi connectivity index (χ3n) is 2.59. The number of rotatable bonds is 2. The van der Waals surface area contributed by atoms with Crippen molar-refractivity contribution in [3.8, 4) is 6.07 Å². The first-order chi connectivity index (χ1) is 9.01. The molecule has 0 aromatic heterocycles. The Bertz CT molecular complexity index is 678. The minimum Gasteiger partial charge on any atom is -0.398 e. The lowest BCUT2D eigenvalue weighted by Crippen LogP contribution is -1.93. The first kappa shape index (κ1) is 13.4. The van der Waals surface area contributed by atoms with E-state index in [1.165, 1.54) is 12.1 Å². The summed E-state index contributed by atoms with van der Waals surface area (Å²) in [5, 5.41) is 8.97. The van der Waals surface area contributed by atoms with Gasteiger partial charge in [0.2, 0.25) is 0 Å². The summed E-state index contributed by atoms with van der Waals surface area (Å²) >= 11 is 1.07. The molecule has 0 saturated carbocycles. The molecule has 2 nitrogen and oxygen atoms in total. The largest absolute Gasteiger partial charge is 0.398 e. The quantitative estimate of drug-likeness (QED) is 0.847. The number of anilines is 1. The van der Waals surface area contributed by atoms with Crippen LogP contribution in [-0.4, -0.2) is 0 Å². The van der Waals surface area contributed by atoms with Gasteiger partial charge in [0, 0.05) is 21.5 Å². The van der Waals surface area contributed by atoms with Crippen LogP contribution >= 0.6 is 11.8 Å². The van der Waals surface area contributed by atoms with Crippen LogP contribution in [0, 0.1) is 29.9 Å². The van der Waals surface area contributed by atoms with Gasteiger partial charge in [0.15, 0.2) is 0 Å². The number of hydrogen-bond donors (Lipinski definition) is 1. The number of halogens is 2. The second-order valence-corrected chi connectivity index (χ2v) is 5.08. The van der Waals surface area contributed by atoms with Gasteiger partial charge in [-0.1, -0.05) is 11.8 Å². The molecule has 0 heterocycles. The fourth-order valence-corrected chi connectivity index (χ4v) is 2.48. The van der Waals surface area contributed by atoms with Gasteiger partial charge in [-0.25, -0.2) is 8.78 Å². The Morgan fingerprint density at radius 2 is 1.89 bits per heavy atom. The molecule has 5 heteroatoms. The summed E-state index contributed by atoms with van der Waals surface area (Å²) in [5.41, 5.74) is 7.56. The molecule has 0 unspecified atom stereocenters. The third kappa shape index (κ3) is 2.85. The van der Waals surface area contributed by atoms with Crippen LogP contribution < -0.4 is 5.73 Å². The van der Waals surface area contributed by atoms with Gasteiger partial charge in [-0.15, -0.1) is 0 Å². The highest BCUT2D eigenvalue weighted by Crippen LogP contribution is 2.35. The molecule has 2 rings (SSSR count). The number of benzene rings is 2. The van der Waals surface area contributed by atoms with Crippen LogP contribution in [0.2, 0.25) is 0 Å². The van der Waals surface area contributed by atoms with E-state index in [-0.39, 0.29) is 4.90 Å². The van der Waals surface area contributed by atoms with E-state index in [0.29, 0.717) is 16.1 Å². The summed E-state index contributed by atoms with van der Waals surface area (Å²) < 4.78 is 26.4. The molecule has 2 aromatic carbocycles. The molecule has 0 aliphatic carbocycles. The van der Waals surface area contributed by atoms with Crippen molar-refractivity contribution in [2.45, 2.75) is 16.7 Å². The molecule has 0 bridgehead atoms. The van der Waals surface area contributed by atoms with Crippen LogP contribution in [0.3, 0.4) is 0 Å². The predicted octanol–water partition coefficient (Wildman–Crippen LogP) is 3.88. The van der Waals surface area contributed by atoms with Crippen molar-refractivity contribution in [1.82, 2.24) is 0 Å². The zero-order valence-corrected chi connectivity index (χ0v) is 10.9. The Morgan fingerprint density at radius 1 is 1.16 bits per heavy atom. The number of nitrogens with two attached hydrogens (primary N) is 1. The summed E-state index contributed by atoms with van der Waals surface area (Å²) in [6, 6.07) is 8.67. The van der Waals surface area contributed by atoms with Crippen LogP contribution in [0.5, 0.6) is 0 Å². The van der Waals surface area contributed by atoms with Crippen molar-refractivity contribution in [2.75, 3.05) is 5.73 Å². The molecule has 2 N–H and O–H groups in total. The van der Waals surface area contributed by atoms with E-state index in [0.717, 1.165) is 23.4 Å². The average Bonchev–Trinajstić information content (AvgIpc) is 2.35. The predicted molar refractivity (Wildman–Crippen MR) is 70.8 cm³/mol. The van der Waals surface area contributed by atoms with Gasteiger partial charge in [0.25, 0.3) is 0 Å². The fraction of sp³-hybridized carbons (Fsp3) is 0.0714. The normalized spacial score (nSPS) is 10.2. The van der Waals surface area contributed by atoms with Crippen LogP contribution in [0.1, 0.15) is 11.1 Å². The van der Waals surface area contributed by atoms with Crippen molar-refractivity contribution >= 4 is 17.4 Å². The lowest BCUT2D eigenvalue weighted by molar-refractivity contribution is 0.566. The Hall–Kier alpha value is -2.06. The van der Waals surface area contributed by atoms with Crippen molar-refractivity contribution in [3.63, 3.8) is 0 Å². The molecule has 0 fully saturated rings. The minimum absolute atomic E-state index is 0.265. The highest BCUT2D eigenvalue weighted by atomic mass is 32.2. The summed E-state index contributed by atoms with van der Waals surface area (Å²) in [4.78, 5) is 0.841. The number of nitrogens with zero attached hydrogens (tertiary/aromatic N) is 1. The van der Waals surface area contributed by atoms with Gasteiger partial charge in [0.1, 0.15) is 11.6 Å². The molecular weight excluding hydrogens is 266 g/mol. The van der Waals surface area contributed by atoms with E-state index in [4.69, 9.17) is 11.0 Å². The number of nitriles is 1. The Balaban J connectivity index is 2.41. The van der Waals surface area contributed by atoms with Gasteiger partial charge < -0.3 is 5.73 Å². The molecule has 0 atom stereocenters. The molecular formula is C14H10F2N2S. The molecule has 0 amide bonds. The molecule has 2 aromatic rings. The summed E-state index contributed by atoms with van der Waals surface area (Å²) in [6.45, 7) is 1.78. The Morgan fingerprint density at radius 3 is 2.53 bits per heavy atom. The van der Waals surface area contributed by atoms with Crippen molar-refractivity contribution < 1.29 is 8.78 Å². The van der Waals surface area contributed by atoms with Gasteiger partial charge in [-0.2, -0.15) is 5.26 Å². The first-order valence-electron chi connectivity index (χ1n) is 5.44. The standard InChI is InChI=1S/C14H10F2N2S/c1-8-4-12(18)14(5-9(8)7-17)19-13-3-2-10(15)6-11(13)16/h2-6H,18H2,1H3. The molecule has 0 spiro atoms. The topological polar surface area (TPSA) is 49.8 Å². The maximum atomic E-state index is 13.6. The van der Waals surface area contributed by atoms with E-state index in [2.05, 4.69) is 0 Å². The average molecular weight is 276 g/mol. The molecule has 0 saturated heterocycles. The van der Waals surface area contributed by atoms with E-state index in [9.17, 15) is 8.78 Å². The maximum Gasteiger partial charge on any atom is 0.140 e. The van der Waals surface area contributed by atoms with Gasteiger partial charge >= 0.3 is 0 Å². The molecule has 0 aliphatic heterocycles. The number of nitrogen functional groups attached to an aromatic ring is 1. The van der Waals surface area contributed by atoms with Crippen molar-refractivity contribution in [3.05, 3.63) is 53.1 Å². The highest BCUT2D eigenvalue weighted by molar-refractivity contribution is 7.99. The zero-order valence-electron chi connectivity index (χ0n) is 10.1. The SMILES string of the molecule is Cc1cc(N)c(Sc2ccc(F)cc2F)cc1C#N. The van der Waals surface area contributed by atoms with E-state index < -0.39 is 11.6 Å². The summed E-state index contributed by atoms with van der Waals surface area (Å²) in [5.74, 6) is -1.28. The second-order valence-electron chi connectivity index (χ2n) is 3.99. The zero-order chi connectivity index (χ0) is 14.0. The van der Waals surface area contributed by atoms with Crippen molar-refractivity contribution in [1.29, 1.82) is 5.26 Å². The summed E-state index contributed by atoms with van der Waals surface area (Å²) in [7, 11) is 0. The fourth-order valence-electron chi connectivity index (χ4n) is 1.60. The summed E-state index contributed by atoms with van der Waals surface area (Å²) in [6.07, 6.45) is 0.